The molecule has 0 saturated heterocycles. The van der Waals surface area contributed by atoms with E-state index in [1.165, 1.54) is 4.88 Å². The second-order valence-electron chi connectivity index (χ2n) is 7.47. The highest BCUT2D eigenvalue weighted by molar-refractivity contribution is 7.10. The van der Waals surface area contributed by atoms with Gasteiger partial charge in [0, 0.05) is 21.4 Å². The molecule has 5 nitrogen and oxygen atoms in total. The fourth-order valence-corrected chi connectivity index (χ4v) is 3.22. The van der Waals surface area contributed by atoms with Crippen LogP contribution < -0.4 is 10.7 Å². The van der Waals surface area contributed by atoms with Crippen LogP contribution in [0.3, 0.4) is 0 Å². The number of hydrogen-bond acceptors (Lipinski definition) is 4. The molecule has 6 heteroatoms. The quantitative estimate of drug-likeness (QED) is 0.552. The van der Waals surface area contributed by atoms with Gasteiger partial charge in [0.15, 0.2) is 0 Å². The summed E-state index contributed by atoms with van der Waals surface area (Å²) in [6.45, 7) is 9.56. The Balaban J connectivity index is 1.98. The largest absolute Gasteiger partial charge is 0.326 e. The van der Waals surface area contributed by atoms with Crippen molar-refractivity contribution in [3.05, 3.63) is 51.7 Å². The third kappa shape index (κ3) is 6.03. The number of nitrogens with zero attached hydrogens (tertiary/aromatic N) is 1. The van der Waals surface area contributed by atoms with Gasteiger partial charge in [-0.1, -0.05) is 46.2 Å². The lowest BCUT2D eigenvalue weighted by molar-refractivity contribution is -0.123. The third-order valence-electron chi connectivity index (χ3n) is 3.98. The van der Waals surface area contributed by atoms with Crippen molar-refractivity contribution in [1.82, 2.24) is 5.43 Å². The summed E-state index contributed by atoms with van der Waals surface area (Å²) in [5.74, 6) is -0.242. The summed E-state index contributed by atoms with van der Waals surface area (Å²) in [5, 5.41) is 8.93. The van der Waals surface area contributed by atoms with E-state index in [9.17, 15) is 9.59 Å². The standard InChI is InChI=1S/C21H27N3O2S/c1-6-7-18-12-16(13-27-18)19(25)24-23-14(2)15-8-10-17(11-9-15)22-20(26)21(3,4)5/h8-13H,6-7H2,1-5H3,(H,22,26)(H,24,25)/b23-14+. The topological polar surface area (TPSA) is 70.6 Å². The van der Waals surface area contributed by atoms with Gasteiger partial charge in [0.2, 0.25) is 5.91 Å². The van der Waals surface area contributed by atoms with Crippen molar-refractivity contribution >= 4 is 34.6 Å². The fraction of sp³-hybridized carbons (Fsp3) is 0.381. The Morgan fingerprint density at radius 2 is 1.78 bits per heavy atom. The first-order chi connectivity index (χ1) is 12.7. The van der Waals surface area contributed by atoms with Crippen LogP contribution in [-0.4, -0.2) is 17.5 Å². The molecule has 1 aromatic heterocycles. The maximum absolute atomic E-state index is 12.2. The van der Waals surface area contributed by atoms with Crippen LogP contribution in [0, 0.1) is 5.41 Å². The van der Waals surface area contributed by atoms with Crippen LogP contribution in [0.15, 0.2) is 40.8 Å². The van der Waals surface area contributed by atoms with Crippen LogP contribution in [0.1, 0.15) is 61.8 Å². The molecule has 144 valence electrons. The number of anilines is 1. The summed E-state index contributed by atoms with van der Waals surface area (Å²) in [7, 11) is 0. The van der Waals surface area contributed by atoms with E-state index in [1.54, 1.807) is 11.3 Å². The normalized spacial score (nSPS) is 12.0. The summed E-state index contributed by atoms with van der Waals surface area (Å²) < 4.78 is 0. The molecule has 0 atom stereocenters. The molecule has 0 aliphatic carbocycles. The molecule has 1 aromatic carbocycles. The molecular formula is C21H27N3O2S. The monoisotopic (exact) mass is 385 g/mol. The number of nitrogens with one attached hydrogen (secondary N) is 2. The first kappa shape index (κ1) is 20.8. The molecule has 2 N–H and O–H groups in total. The Kier molecular flexibility index (Phi) is 6.91. The molecule has 0 aliphatic heterocycles. The van der Waals surface area contributed by atoms with Crippen LogP contribution in [0.4, 0.5) is 5.69 Å². The lowest BCUT2D eigenvalue weighted by Crippen LogP contribution is -2.27. The average Bonchev–Trinajstić information content (AvgIpc) is 3.08. The first-order valence-electron chi connectivity index (χ1n) is 9.04. The summed E-state index contributed by atoms with van der Waals surface area (Å²) in [4.78, 5) is 25.4. The molecule has 1 heterocycles. The van der Waals surface area contributed by atoms with E-state index >= 15 is 0 Å². The molecule has 2 aromatic rings. The molecule has 27 heavy (non-hydrogen) atoms. The van der Waals surface area contributed by atoms with Crippen LogP contribution in [-0.2, 0) is 11.2 Å². The zero-order chi connectivity index (χ0) is 20.0. The molecular weight excluding hydrogens is 358 g/mol. The molecule has 0 radical (unpaired) electrons. The van der Waals surface area contributed by atoms with E-state index in [2.05, 4.69) is 22.8 Å². The number of benzene rings is 1. The number of amides is 2. The van der Waals surface area contributed by atoms with Crippen molar-refractivity contribution in [2.75, 3.05) is 5.32 Å². The number of thiophene rings is 1. The van der Waals surface area contributed by atoms with Gasteiger partial charge in [-0.2, -0.15) is 5.10 Å². The van der Waals surface area contributed by atoms with E-state index < -0.39 is 5.41 Å². The van der Waals surface area contributed by atoms with Crippen molar-refractivity contribution in [3.63, 3.8) is 0 Å². The number of carbonyl (C=O) groups is 2. The van der Waals surface area contributed by atoms with Crippen molar-refractivity contribution < 1.29 is 9.59 Å². The molecule has 0 spiro atoms. The lowest BCUT2D eigenvalue weighted by atomic mass is 9.95. The molecule has 0 unspecified atom stereocenters. The molecule has 2 amide bonds. The second kappa shape index (κ2) is 8.95. The number of aryl methyl sites for hydroxylation is 1. The molecule has 0 saturated carbocycles. The minimum atomic E-state index is -0.445. The Bertz CT molecular complexity index is 830. The van der Waals surface area contributed by atoms with Crippen molar-refractivity contribution in [2.24, 2.45) is 10.5 Å². The highest BCUT2D eigenvalue weighted by Gasteiger charge is 2.21. The lowest BCUT2D eigenvalue weighted by Gasteiger charge is -2.17. The van der Waals surface area contributed by atoms with Gasteiger partial charge in [0.25, 0.3) is 5.91 Å². The molecule has 0 aliphatic rings. The Morgan fingerprint density at radius 3 is 2.37 bits per heavy atom. The van der Waals surface area contributed by atoms with Crippen LogP contribution >= 0.6 is 11.3 Å². The molecule has 0 bridgehead atoms. The van der Waals surface area contributed by atoms with E-state index in [-0.39, 0.29) is 11.8 Å². The van der Waals surface area contributed by atoms with Gasteiger partial charge >= 0.3 is 0 Å². The third-order valence-corrected chi connectivity index (χ3v) is 4.98. The van der Waals surface area contributed by atoms with Gasteiger partial charge in [-0.3, -0.25) is 9.59 Å². The Morgan fingerprint density at radius 1 is 1.11 bits per heavy atom. The van der Waals surface area contributed by atoms with E-state index in [4.69, 9.17) is 0 Å². The van der Waals surface area contributed by atoms with Crippen molar-refractivity contribution in [2.45, 2.75) is 47.5 Å². The fourth-order valence-electron chi connectivity index (χ4n) is 2.25. The summed E-state index contributed by atoms with van der Waals surface area (Å²) >= 11 is 1.60. The molecule has 2 rings (SSSR count). The Labute approximate surface area is 164 Å². The zero-order valence-electron chi connectivity index (χ0n) is 16.6. The maximum atomic E-state index is 12.2. The Hall–Kier alpha value is -2.47. The van der Waals surface area contributed by atoms with Gasteiger partial charge in [0.05, 0.1) is 11.3 Å². The average molecular weight is 386 g/mol. The van der Waals surface area contributed by atoms with E-state index in [1.807, 2.05) is 63.4 Å². The minimum Gasteiger partial charge on any atom is -0.326 e. The number of hydrazone groups is 1. The van der Waals surface area contributed by atoms with Gasteiger partial charge in [0.1, 0.15) is 0 Å². The van der Waals surface area contributed by atoms with Crippen LogP contribution in [0.2, 0.25) is 0 Å². The summed E-state index contributed by atoms with van der Waals surface area (Å²) in [5.41, 5.74) is 5.10. The summed E-state index contributed by atoms with van der Waals surface area (Å²) in [6, 6.07) is 9.31. The summed E-state index contributed by atoms with van der Waals surface area (Å²) in [6.07, 6.45) is 2.05. The second-order valence-corrected chi connectivity index (χ2v) is 8.47. The number of hydrogen-bond donors (Lipinski definition) is 2. The number of carbonyl (C=O) groups excluding carboxylic acids is 2. The van der Waals surface area contributed by atoms with Crippen molar-refractivity contribution in [1.29, 1.82) is 0 Å². The first-order valence-corrected chi connectivity index (χ1v) is 9.92. The highest BCUT2D eigenvalue weighted by Crippen LogP contribution is 2.18. The van der Waals surface area contributed by atoms with Gasteiger partial charge in [-0.15, -0.1) is 11.3 Å². The predicted molar refractivity (Wildman–Crippen MR) is 113 cm³/mol. The predicted octanol–water partition coefficient (Wildman–Crippen LogP) is 4.84. The molecule has 0 fully saturated rings. The minimum absolute atomic E-state index is 0.0360. The number of rotatable bonds is 6. The van der Waals surface area contributed by atoms with Gasteiger partial charge in [-0.25, -0.2) is 5.43 Å². The maximum Gasteiger partial charge on any atom is 0.272 e. The zero-order valence-corrected chi connectivity index (χ0v) is 17.4. The smallest absolute Gasteiger partial charge is 0.272 e. The van der Waals surface area contributed by atoms with E-state index in [0.29, 0.717) is 11.3 Å². The van der Waals surface area contributed by atoms with Crippen LogP contribution in [0.25, 0.3) is 0 Å². The van der Waals surface area contributed by atoms with Crippen LogP contribution in [0.5, 0.6) is 0 Å². The van der Waals surface area contributed by atoms with Gasteiger partial charge in [-0.05, 0) is 37.1 Å². The highest BCUT2D eigenvalue weighted by atomic mass is 32.1. The van der Waals surface area contributed by atoms with Gasteiger partial charge < -0.3 is 5.32 Å². The van der Waals surface area contributed by atoms with Crippen molar-refractivity contribution in [3.8, 4) is 0 Å². The van der Waals surface area contributed by atoms with E-state index in [0.717, 1.165) is 24.1 Å². The SMILES string of the molecule is CCCc1cc(C(=O)N/N=C(\C)c2ccc(NC(=O)C(C)(C)C)cc2)cs1.